The summed E-state index contributed by atoms with van der Waals surface area (Å²) in [6, 6.07) is 16.2. The third kappa shape index (κ3) is 7.47. The molecular weight excluding hydrogens is 491 g/mol. The second-order valence-corrected chi connectivity index (χ2v) is 6.90. The van der Waals surface area contributed by atoms with E-state index >= 15 is 0 Å². The number of guanidine groups is 1. The molecule has 2 aromatic rings. The van der Waals surface area contributed by atoms with Crippen LogP contribution in [0.4, 0.5) is 5.69 Å². The molecule has 7 nitrogen and oxygen atoms in total. The van der Waals surface area contributed by atoms with Crippen molar-refractivity contribution in [2.45, 2.75) is 13.3 Å². The maximum Gasteiger partial charge on any atom is 0.244 e. The van der Waals surface area contributed by atoms with E-state index in [0.29, 0.717) is 12.5 Å². The number of pyridine rings is 1. The molecule has 2 heterocycles. The number of aromatic nitrogens is 1. The first-order valence-electron chi connectivity index (χ1n) is 10.3. The largest absolute Gasteiger partial charge is 0.368 e. The Bertz CT molecular complexity index is 779. The molecule has 1 aromatic carbocycles. The Balaban J connectivity index is 0.00000320. The summed E-state index contributed by atoms with van der Waals surface area (Å²) in [6.07, 6.45) is 2.60. The van der Waals surface area contributed by atoms with E-state index < -0.39 is 0 Å². The van der Waals surface area contributed by atoms with Gasteiger partial charge in [0, 0.05) is 63.3 Å². The van der Waals surface area contributed by atoms with Crippen LogP contribution in [0.3, 0.4) is 0 Å². The van der Waals surface area contributed by atoms with Crippen molar-refractivity contribution in [3.8, 4) is 0 Å². The van der Waals surface area contributed by atoms with E-state index in [9.17, 15) is 4.79 Å². The minimum absolute atomic E-state index is 0. The number of piperazine rings is 1. The maximum atomic E-state index is 12.6. The number of hydrogen-bond donors (Lipinski definition) is 2. The molecule has 2 N–H and O–H groups in total. The summed E-state index contributed by atoms with van der Waals surface area (Å²) >= 11 is 0. The van der Waals surface area contributed by atoms with Crippen molar-refractivity contribution in [2.24, 2.45) is 4.99 Å². The number of carbonyl (C=O) groups is 1. The number of anilines is 1. The molecule has 1 aliphatic rings. The van der Waals surface area contributed by atoms with Crippen LogP contribution in [0.25, 0.3) is 0 Å². The van der Waals surface area contributed by atoms with Crippen LogP contribution in [0.1, 0.15) is 12.6 Å². The Hall–Kier alpha value is -2.36. The fraction of sp³-hybridized carbons (Fsp3) is 0.409. The molecule has 0 bridgehead atoms. The van der Waals surface area contributed by atoms with Crippen LogP contribution in [-0.4, -0.2) is 67.6 Å². The molecule has 3 rings (SSSR count). The summed E-state index contributed by atoms with van der Waals surface area (Å²) in [7, 11) is 0. The Kier molecular flexibility index (Phi) is 10.4. The number of nitrogens with one attached hydrogen (secondary N) is 2. The number of aliphatic imine (C=N–C) groups is 1. The van der Waals surface area contributed by atoms with Crippen molar-refractivity contribution in [1.82, 2.24) is 20.5 Å². The third-order valence-corrected chi connectivity index (χ3v) is 4.87. The molecule has 0 saturated carbocycles. The molecule has 0 radical (unpaired) electrons. The van der Waals surface area contributed by atoms with Gasteiger partial charge in [0.25, 0.3) is 0 Å². The predicted molar refractivity (Wildman–Crippen MR) is 133 cm³/mol. The van der Waals surface area contributed by atoms with Crippen molar-refractivity contribution >= 4 is 41.5 Å². The topological polar surface area (TPSA) is 72.9 Å². The van der Waals surface area contributed by atoms with E-state index in [1.165, 1.54) is 5.69 Å². The fourth-order valence-corrected chi connectivity index (χ4v) is 3.30. The maximum absolute atomic E-state index is 12.6. The van der Waals surface area contributed by atoms with Gasteiger partial charge in [-0.3, -0.25) is 9.78 Å². The monoisotopic (exact) mass is 522 g/mol. The van der Waals surface area contributed by atoms with Gasteiger partial charge in [-0.15, -0.1) is 24.0 Å². The molecule has 1 fully saturated rings. The van der Waals surface area contributed by atoms with Gasteiger partial charge >= 0.3 is 0 Å². The zero-order valence-corrected chi connectivity index (χ0v) is 19.8. The number of para-hydroxylation sites is 1. The zero-order valence-electron chi connectivity index (χ0n) is 17.5. The van der Waals surface area contributed by atoms with E-state index in [-0.39, 0.29) is 36.4 Å². The molecule has 30 heavy (non-hydrogen) atoms. The summed E-state index contributed by atoms with van der Waals surface area (Å²) in [4.78, 5) is 25.6. The van der Waals surface area contributed by atoms with Gasteiger partial charge in [0.15, 0.2) is 5.96 Å². The first-order chi connectivity index (χ1) is 14.3. The van der Waals surface area contributed by atoms with Gasteiger partial charge in [-0.1, -0.05) is 24.3 Å². The highest BCUT2D eigenvalue weighted by Crippen LogP contribution is 2.15. The van der Waals surface area contributed by atoms with Crippen LogP contribution in [0.15, 0.2) is 59.7 Å². The number of amides is 1. The molecule has 0 unspecified atom stereocenters. The lowest BCUT2D eigenvalue weighted by molar-refractivity contribution is -0.129. The average molecular weight is 522 g/mol. The van der Waals surface area contributed by atoms with Gasteiger partial charge in [-0.05, 0) is 31.2 Å². The summed E-state index contributed by atoms with van der Waals surface area (Å²) in [5.74, 6) is 0.736. The lowest BCUT2D eigenvalue weighted by atomic mass is 10.2. The highest BCUT2D eigenvalue weighted by atomic mass is 127. The number of nitrogens with zero attached hydrogens (tertiary/aromatic N) is 4. The van der Waals surface area contributed by atoms with Crippen molar-refractivity contribution < 1.29 is 4.79 Å². The minimum Gasteiger partial charge on any atom is -0.368 e. The van der Waals surface area contributed by atoms with Crippen LogP contribution >= 0.6 is 24.0 Å². The Morgan fingerprint density at radius 2 is 1.77 bits per heavy atom. The van der Waals surface area contributed by atoms with Gasteiger partial charge in [-0.2, -0.15) is 0 Å². The molecular formula is C22H31IN6O. The predicted octanol–water partition coefficient (Wildman–Crippen LogP) is 2.15. The fourth-order valence-electron chi connectivity index (χ4n) is 3.30. The van der Waals surface area contributed by atoms with E-state index in [1.54, 1.807) is 6.20 Å². The molecule has 0 atom stereocenters. The van der Waals surface area contributed by atoms with Crippen molar-refractivity contribution in [3.05, 3.63) is 60.4 Å². The van der Waals surface area contributed by atoms with Crippen molar-refractivity contribution in [3.63, 3.8) is 0 Å². The lowest BCUT2D eigenvalue weighted by Crippen LogP contribution is -2.49. The second kappa shape index (κ2) is 13.0. The Labute approximate surface area is 196 Å². The number of rotatable bonds is 7. The van der Waals surface area contributed by atoms with Gasteiger partial charge < -0.3 is 20.4 Å². The van der Waals surface area contributed by atoms with E-state index in [4.69, 9.17) is 0 Å². The minimum atomic E-state index is 0. The van der Waals surface area contributed by atoms with Crippen LogP contribution in [0, 0.1) is 0 Å². The van der Waals surface area contributed by atoms with E-state index in [2.05, 4.69) is 37.6 Å². The third-order valence-electron chi connectivity index (χ3n) is 4.87. The van der Waals surface area contributed by atoms with E-state index in [1.807, 2.05) is 48.2 Å². The highest BCUT2D eigenvalue weighted by Gasteiger charge is 2.20. The molecule has 8 heteroatoms. The van der Waals surface area contributed by atoms with Gasteiger partial charge in [0.1, 0.15) is 6.54 Å². The summed E-state index contributed by atoms with van der Waals surface area (Å²) < 4.78 is 0. The van der Waals surface area contributed by atoms with Crippen LogP contribution in [-0.2, 0) is 11.2 Å². The number of halogens is 1. The Morgan fingerprint density at radius 1 is 1.03 bits per heavy atom. The highest BCUT2D eigenvalue weighted by molar-refractivity contribution is 14.0. The number of hydrogen-bond acceptors (Lipinski definition) is 4. The molecule has 162 valence electrons. The standard InChI is InChI=1S/C22H30N6O.HI/c1-2-23-22(25-13-11-19-8-6-7-12-24-19)26-18-21(29)28-16-14-27(15-17-28)20-9-4-3-5-10-20;/h3-10,12H,2,11,13-18H2,1H3,(H2,23,25,26);1H. The van der Waals surface area contributed by atoms with Crippen LogP contribution in [0.2, 0.25) is 0 Å². The molecule has 1 amide bonds. The van der Waals surface area contributed by atoms with Crippen LogP contribution < -0.4 is 15.5 Å². The lowest BCUT2D eigenvalue weighted by Gasteiger charge is -2.36. The average Bonchev–Trinajstić information content (AvgIpc) is 2.78. The van der Waals surface area contributed by atoms with Crippen molar-refractivity contribution in [2.75, 3.05) is 50.7 Å². The molecule has 1 aliphatic heterocycles. The smallest absolute Gasteiger partial charge is 0.244 e. The summed E-state index contributed by atoms with van der Waals surface area (Å²) in [6.45, 7) is 6.79. The zero-order chi connectivity index (χ0) is 20.3. The van der Waals surface area contributed by atoms with Gasteiger partial charge in [0.2, 0.25) is 5.91 Å². The first-order valence-corrected chi connectivity index (χ1v) is 10.3. The van der Waals surface area contributed by atoms with E-state index in [0.717, 1.165) is 44.8 Å². The number of benzene rings is 1. The normalized spacial score (nSPS) is 14.1. The van der Waals surface area contributed by atoms with Crippen LogP contribution in [0.5, 0.6) is 0 Å². The summed E-state index contributed by atoms with van der Waals surface area (Å²) in [5.41, 5.74) is 2.24. The molecule has 0 aliphatic carbocycles. The van der Waals surface area contributed by atoms with Gasteiger partial charge in [-0.25, -0.2) is 4.99 Å². The quantitative estimate of drug-likeness (QED) is 0.332. The SMILES string of the molecule is CCNC(=NCC(=O)N1CCN(c2ccccc2)CC1)NCCc1ccccn1.I. The Morgan fingerprint density at radius 3 is 2.43 bits per heavy atom. The molecule has 0 spiro atoms. The second-order valence-electron chi connectivity index (χ2n) is 6.90. The van der Waals surface area contributed by atoms with Gasteiger partial charge in [0.05, 0.1) is 0 Å². The first kappa shape index (κ1) is 23.9. The number of carbonyl (C=O) groups excluding carboxylic acids is 1. The summed E-state index contributed by atoms with van der Waals surface area (Å²) in [5, 5.41) is 6.47. The molecule has 1 aromatic heterocycles. The molecule has 1 saturated heterocycles. The van der Waals surface area contributed by atoms with Crippen molar-refractivity contribution in [1.29, 1.82) is 0 Å².